The molecule has 0 aliphatic heterocycles. The lowest BCUT2D eigenvalue weighted by Crippen LogP contribution is -2.31. The average Bonchev–Trinajstić information content (AvgIpc) is 2.59. The van der Waals surface area contributed by atoms with Crippen LogP contribution in [0.15, 0.2) is 47.3 Å². The van der Waals surface area contributed by atoms with Gasteiger partial charge >= 0.3 is 6.03 Å². The molecule has 1 heterocycles. The van der Waals surface area contributed by atoms with Crippen molar-refractivity contribution in [3.8, 4) is 0 Å². The number of rotatable bonds is 4. The van der Waals surface area contributed by atoms with Gasteiger partial charge < -0.3 is 15.6 Å². The van der Waals surface area contributed by atoms with Gasteiger partial charge in [-0.3, -0.25) is 4.79 Å². The largest absolute Gasteiger partial charge is 0.338 e. The summed E-state index contributed by atoms with van der Waals surface area (Å²) < 4.78 is 0. The highest BCUT2D eigenvalue weighted by molar-refractivity contribution is 6.30. The number of benzene rings is 2. The number of nitrogens with one attached hydrogen (secondary N) is 3. The van der Waals surface area contributed by atoms with Crippen LogP contribution in [0.4, 0.5) is 10.5 Å². The molecular formula is C20H20ClN3O2. The van der Waals surface area contributed by atoms with Gasteiger partial charge in [0.15, 0.2) is 0 Å². The van der Waals surface area contributed by atoms with Gasteiger partial charge in [-0.1, -0.05) is 11.6 Å². The standard InChI is InChI=1S/C20H20ClN3O2/c1-12-9-15-11-14(19(25)24-18(15)10-13(12)2)7-8-22-20(26)23-17-5-3-16(21)4-6-17/h3-6,9-11H,7-8H2,1-2H3,(H,24,25)(H2,22,23,26). The molecule has 0 aliphatic rings. The predicted octanol–water partition coefficient (Wildman–Crippen LogP) is 4.16. The van der Waals surface area contributed by atoms with Gasteiger partial charge in [0.2, 0.25) is 0 Å². The quantitative estimate of drug-likeness (QED) is 0.646. The van der Waals surface area contributed by atoms with Gasteiger partial charge in [-0.15, -0.1) is 0 Å². The van der Waals surface area contributed by atoms with Gasteiger partial charge in [0.05, 0.1) is 0 Å². The number of pyridine rings is 1. The number of hydrogen-bond acceptors (Lipinski definition) is 2. The second kappa shape index (κ2) is 7.62. The number of fused-ring (bicyclic) bond motifs is 1. The Morgan fingerprint density at radius 3 is 2.50 bits per heavy atom. The molecule has 0 saturated carbocycles. The van der Waals surface area contributed by atoms with Crippen molar-refractivity contribution in [2.45, 2.75) is 20.3 Å². The van der Waals surface area contributed by atoms with E-state index in [9.17, 15) is 9.59 Å². The van der Waals surface area contributed by atoms with Gasteiger partial charge in [0.25, 0.3) is 5.56 Å². The van der Waals surface area contributed by atoms with Gasteiger partial charge in [-0.2, -0.15) is 0 Å². The maximum Gasteiger partial charge on any atom is 0.319 e. The highest BCUT2D eigenvalue weighted by atomic mass is 35.5. The summed E-state index contributed by atoms with van der Waals surface area (Å²) in [6, 6.07) is 12.5. The Morgan fingerprint density at radius 1 is 1.08 bits per heavy atom. The zero-order valence-electron chi connectivity index (χ0n) is 14.7. The van der Waals surface area contributed by atoms with Crippen molar-refractivity contribution in [1.82, 2.24) is 10.3 Å². The van der Waals surface area contributed by atoms with Crippen molar-refractivity contribution in [3.05, 3.63) is 74.5 Å². The third-order valence-electron chi connectivity index (χ3n) is 4.32. The molecule has 2 aromatic carbocycles. The second-order valence-corrected chi connectivity index (χ2v) is 6.72. The van der Waals surface area contributed by atoms with Gasteiger partial charge in [-0.05, 0) is 79.2 Å². The summed E-state index contributed by atoms with van der Waals surface area (Å²) in [5.41, 5.74) is 4.32. The van der Waals surface area contributed by atoms with E-state index in [1.807, 2.05) is 26.0 Å². The lowest BCUT2D eigenvalue weighted by Gasteiger charge is -2.09. The number of H-pyrrole nitrogens is 1. The molecule has 26 heavy (non-hydrogen) atoms. The summed E-state index contributed by atoms with van der Waals surface area (Å²) in [5.74, 6) is 0. The van der Waals surface area contributed by atoms with Crippen molar-refractivity contribution in [2.75, 3.05) is 11.9 Å². The summed E-state index contributed by atoms with van der Waals surface area (Å²) in [7, 11) is 0. The van der Waals surface area contributed by atoms with Crippen molar-refractivity contribution in [1.29, 1.82) is 0 Å². The highest BCUT2D eigenvalue weighted by Gasteiger charge is 2.06. The molecule has 3 aromatic rings. The Balaban J connectivity index is 1.63. The number of halogens is 1. The molecule has 0 atom stereocenters. The SMILES string of the molecule is Cc1cc2cc(CCNC(=O)Nc3ccc(Cl)cc3)c(=O)[nH]c2cc1C. The van der Waals surface area contributed by atoms with Crippen LogP contribution in [-0.2, 0) is 6.42 Å². The summed E-state index contributed by atoms with van der Waals surface area (Å²) in [6.07, 6.45) is 0.451. The van der Waals surface area contributed by atoms with E-state index in [0.29, 0.717) is 29.2 Å². The zero-order chi connectivity index (χ0) is 18.7. The minimum Gasteiger partial charge on any atom is -0.338 e. The lowest BCUT2D eigenvalue weighted by molar-refractivity contribution is 0.252. The normalized spacial score (nSPS) is 10.7. The van der Waals surface area contributed by atoms with Crippen molar-refractivity contribution < 1.29 is 4.79 Å². The molecule has 1 aromatic heterocycles. The predicted molar refractivity (Wildman–Crippen MR) is 106 cm³/mol. The molecule has 0 unspecified atom stereocenters. The molecular weight excluding hydrogens is 350 g/mol. The second-order valence-electron chi connectivity index (χ2n) is 6.29. The molecule has 5 nitrogen and oxygen atoms in total. The van der Waals surface area contributed by atoms with E-state index in [1.165, 1.54) is 5.56 Å². The first-order valence-corrected chi connectivity index (χ1v) is 8.74. The molecule has 0 aliphatic carbocycles. The molecule has 6 heteroatoms. The number of hydrogen-bond donors (Lipinski definition) is 3. The average molecular weight is 370 g/mol. The van der Waals surface area contributed by atoms with Crippen LogP contribution >= 0.6 is 11.6 Å². The van der Waals surface area contributed by atoms with Crippen LogP contribution in [0.1, 0.15) is 16.7 Å². The van der Waals surface area contributed by atoms with Crippen LogP contribution in [0.3, 0.4) is 0 Å². The molecule has 0 saturated heterocycles. The number of aryl methyl sites for hydroxylation is 2. The Kier molecular flexibility index (Phi) is 5.28. The lowest BCUT2D eigenvalue weighted by atomic mass is 10.0. The van der Waals surface area contributed by atoms with Crippen molar-refractivity contribution in [3.63, 3.8) is 0 Å². The van der Waals surface area contributed by atoms with E-state index >= 15 is 0 Å². The number of aromatic nitrogens is 1. The molecule has 0 spiro atoms. The first kappa shape index (κ1) is 18.0. The van der Waals surface area contributed by atoms with Gasteiger partial charge in [0.1, 0.15) is 0 Å². The molecule has 0 radical (unpaired) electrons. The number of aromatic amines is 1. The number of carbonyl (C=O) groups excluding carboxylic acids is 1. The summed E-state index contributed by atoms with van der Waals surface area (Å²) >= 11 is 5.81. The zero-order valence-corrected chi connectivity index (χ0v) is 15.4. The third kappa shape index (κ3) is 4.24. The van der Waals surface area contributed by atoms with E-state index in [2.05, 4.69) is 21.7 Å². The monoisotopic (exact) mass is 369 g/mol. The number of urea groups is 1. The molecule has 134 valence electrons. The van der Waals surface area contributed by atoms with Crippen molar-refractivity contribution in [2.24, 2.45) is 0 Å². The Bertz CT molecular complexity index is 1010. The van der Waals surface area contributed by atoms with Crippen molar-refractivity contribution >= 4 is 34.2 Å². The first-order chi connectivity index (χ1) is 12.4. The van der Waals surface area contributed by atoms with Crippen LogP contribution in [0.25, 0.3) is 10.9 Å². The van der Waals surface area contributed by atoms with E-state index < -0.39 is 0 Å². The van der Waals surface area contributed by atoms with E-state index in [1.54, 1.807) is 24.3 Å². The Hall–Kier alpha value is -2.79. The highest BCUT2D eigenvalue weighted by Crippen LogP contribution is 2.17. The van der Waals surface area contributed by atoms with E-state index in [0.717, 1.165) is 16.5 Å². The van der Waals surface area contributed by atoms with E-state index in [4.69, 9.17) is 11.6 Å². The third-order valence-corrected chi connectivity index (χ3v) is 4.57. The number of amides is 2. The van der Waals surface area contributed by atoms with Crippen LogP contribution < -0.4 is 16.2 Å². The minimum absolute atomic E-state index is 0.124. The molecule has 2 amide bonds. The number of carbonyl (C=O) groups is 1. The molecule has 0 fully saturated rings. The molecule has 0 bridgehead atoms. The fraction of sp³-hybridized carbons (Fsp3) is 0.200. The minimum atomic E-state index is -0.323. The fourth-order valence-electron chi connectivity index (χ4n) is 2.73. The van der Waals surface area contributed by atoms with E-state index in [-0.39, 0.29) is 11.6 Å². The topological polar surface area (TPSA) is 74.0 Å². The summed E-state index contributed by atoms with van der Waals surface area (Å²) in [6.45, 7) is 4.42. The molecule has 3 rings (SSSR count). The van der Waals surface area contributed by atoms with Gasteiger partial charge in [0, 0.05) is 28.3 Å². The van der Waals surface area contributed by atoms with Crippen LogP contribution in [0.2, 0.25) is 5.02 Å². The van der Waals surface area contributed by atoms with Gasteiger partial charge in [-0.25, -0.2) is 4.79 Å². The summed E-state index contributed by atoms with van der Waals surface area (Å²) in [5, 5.41) is 7.07. The first-order valence-electron chi connectivity index (χ1n) is 8.36. The molecule has 3 N–H and O–H groups in total. The van der Waals surface area contributed by atoms with Crippen LogP contribution in [-0.4, -0.2) is 17.6 Å². The van der Waals surface area contributed by atoms with Crippen LogP contribution in [0, 0.1) is 13.8 Å². The number of anilines is 1. The fourth-order valence-corrected chi connectivity index (χ4v) is 2.85. The Morgan fingerprint density at radius 2 is 1.77 bits per heavy atom. The Labute approximate surface area is 156 Å². The maximum atomic E-state index is 12.2. The van der Waals surface area contributed by atoms with Crippen LogP contribution in [0.5, 0.6) is 0 Å². The summed E-state index contributed by atoms with van der Waals surface area (Å²) in [4.78, 5) is 27.1. The maximum absolute atomic E-state index is 12.2. The smallest absolute Gasteiger partial charge is 0.319 e.